The first-order valence-electron chi connectivity index (χ1n) is 8.12. The van der Waals surface area contributed by atoms with Crippen LogP contribution in [0.5, 0.6) is 0 Å². The summed E-state index contributed by atoms with van der Waals surface area (Å²) in [5, 5.41) is 22.3. The topological polar surface area (TPSA) is 73.5 Å². The van der Waals surface area contributed by atoms with Gasteiger partial charge in [-0.05, 0) is 12.5 Å². The standard InChI is InChI=1S/C17H16ClN7S/c1-2-24-11-13(18)15(23-24)16-20-21-17(26-16)19-14-8-9-25(22-14)10-12-6-4-3-5-7-12/h3-9,11H,2,10H2,1H3,(H,19,21,22). The molecule has 9 heteroatoms. The summed E-state index contributed by atoms with van der Waals surface area (Å²) in [6.45, 7) is 3.47. The van der Waals surface area contributed by atoms with E-state index in [-0.39, 0.29) is 0 Å². The van der Waals surface area contributed by atoms with Crippen molar-refractivity contribution >= 4 is 33.9 Å². The fourth-order valence-electron chi connectivity index (χ4n) is 2.47. The van der Waals surface area contributed by atoms with Gasteiger partial charge in [0.1, 0.15) is 5.69 Å². The minimum absolute atomic E-state index is 0.571. The first-order chi connectivity index (χ1) is 12.7. The van der Waals surface area contributed by atoms with Gasteiger partial charge in [-0.2, -0.15) is 10.2 Å². The minimum atomic E-state index is 0.571. The number of nitrogens with one attached hydrogen (secondary N) is 1. The van der Waals surface area contributed by atoms with E-state index < -0.39 is 0 Å². The molecule has 0 fully saturated rings. The number of benzene rings is 1. The molecule has 3 aromatic heterocycles. The Labute approximate surface area is 159 Å². The molecule has 1 N–H and O–H groups in total. The SMILES string of the molecule is CCn1cc(Cl)c(-c2nnc(Nc3ccn(Cc4ccccc4)n3)s2)n1. The van der Waals surface area contributed by atoms with E-state index in [2.05, 4.69) is 37.8 Å². The third kappa shape index (κ3) is 3.61. The second-order valence-electron chi connectivity index (χ2n) is 5.60. The van der Waals surface area contributed by atoms with Crippen LogP contribution in [-0.4, -0.2) is 29.8 Å². The number of aryl methyl sites for hydroxylation is 1. The molecule has 26 heavy (non-hydrogen) atoms. The molecule has 3 heterocycles. The summed E-state index contributed by atoms with van der Waals surface area (Å²) in [6.07, 6.45) is 3.72. The number of anilines is 2. The smallest absolute Gasteiger partial charge is 0.211 e. The molecule has 0 radical (unpaired) electrons. The molecule has 0 bridgehead atoms. The van der Waals surface area contributed by atoms with Gasteiger partial charge in [0.05, 0.1) is 11.6 Å². The Morgan fingerprint density at radius 1 is 1.08 bits per heavy atom. The Kier molecular flexibility index (Phi) is 4.68. The van der Waals surface area contributed by atoms with E-state index in [4.69, 9.17) is 11.6 Å². The maximum Gasteiger partial charge on any atom is 0.211 e. The van der Waals surface area contributed by atoms with Crippen LogP contribution in [0.1, 0.15) is 12.5 Å². The van der Waals surface area contributed by atoms with E-state index >= 15 is 0 Å². The molecule has 1 aromatic carbocycles. The molecule has 4 rings (SSSR count). The summed E-state index contributed by atoms with van der Waals surface area (Å²) in [4.78, 5) is 0. The maximum absolute atomic E-state index is 6.23. The monoisotopic (exact) mass is 385 g/mol. The van der Waals surface area contributed by atoms with Crippen LogP contribution in [0.2, 0.25) is 5.02 Å². The molecular formula is C17H16ClN7S. The largest absolute Gasteiger partial charge is 0.313 e. The normalized spacial score (nSPS) is 11.0. The van der Waals surface area contributed by atoms with Gasteiger partial charge >= 0.3 is 0 Å². The molecule has 0 unspecified atom stereocenters. The molecule has 0 saturated heterocycles. The van der Waals surface area contributed by atoms with Crippen LogP contribution >= 0.6 is 22.9 Å². The maximum atomic E-state index is 6.23. The number of hydrogen-bond acceptors (Lipinski definition) is 6. The quantitative estimate of drug-likeness (QED) is 0.541. The van der Waals surface area contributed by atoms with Crippen LogP contribution in [0.4, 0.5) is 10.9 Å². The third-order valence-electron chi connectivity index (χ3n) is 3.73. The molecule has 0 atom stereocenters. The van der Waals surface area contributed by atoms with E-state index in [1.54, 1.807) is 10.9 Å². The molecular weight excluding hydrogens is 370 g/mol. The second kappa shape index (κ2) is 7.27. The summed E-state index contributed by atoms with van der Waals surface area (Å²) in [6, 6.07) is 12.1. The van der Waals surface area contributed by atoms with Crippen LogP contribution in [0.3, 0.4) is 0 Å². The number of halogens is 1. The van der Waals surface area contributed by atoms with Crippen molar-refractivity contribution < 1.29 is 0 Å². The fourth-order valence-corrected chi connectivity index (χ4v) is 3.52. The van der Waals surface area contributed by atoms with Gasteiger partial charge in [-0.15, -0.1) is 10.2 Å². The van der Waals surface area contributed by atoms with Crippen molar-refractivity contribution in [3.05, 3.63) is 59.4 Å². The Hall–Kier alpha value is -2.71. The highest BCUT2D eigenvalue weighted by atomic mass is 35.5. The van der Waals surface area contributed by atoms with Crippen molar-refractivity contribution in [1.29, 1.82) is 0 Å². The minimum Gasteiger partial charge on any atom is -0.313 e. The highest BCUT2D eigenvalue weighted by molar-refractivity contribution is 7.18. The Bertz CT molecular complexity index is 1010. The van der Waals surface area contributed by atoms with Crippen molar-refractivity contribution in [2.24, 2.45) is 0 Å². The van der Waals surface area contributed by atoms with E-state index in [1.165, 1.54) is 16.9 Å². The highest BCUT2D eigenvalue weighted by Gasteiger charge is 2.15. The molecule has 132 valence electrons. The third-order valence-corrected chi connectivity index (χ3v) is 4.85. The summed E-state index contributed by atoms with van der Waals surface area (Å²) in [5.74, 6) is 0.716. The van der Waals surface area contributed by atoms with Gasteiger partial charge < -0.3 is 5.32 Å². The first kappa shape index (κ1) is 16.7. The summed E-state index contributed by atoms with van der Waals surface area (Å²) < 4.78 is 3.65. The van der Waals surface area contributed by atoms with Gasteiger partial charge in [-0.25, -0.2) is 0 Å². The zero-order chi connectivity index (χ0) is 17.9. The lowest BCUT2D eigenvalue weighted by molar-refractivity contribution is 0.662. The number of hydrogen-bond donors (Lipinski definition) is 1. The molecule has 0 spiro atoms. The van der Waals surface area contributed by atoms with Crippen molar-refractivity contribution in [3.8, 4) is 10.7 Å². The lowest BCUT2D eigenvalue weighted by Gasteiger charge is -2.01. The van der Waals surface area contributed by atoms with Crippen molar-refractivity contribution in [2.75, 3.05) is 5.32 Å². The van der Waals surface area contributed by atoms with Crippen LogP contribution in [-0.2, 0) is 13.1 Å². The van der Waals surface area contributed by atoms with Gasteiger partial charge in [0, 0.05) is 25.0 Å². The van der Waals surface area contributed by atoms with Gasteiger partial charge in [0.15, 0.2) is 10.8 Å². The molecule has 4 aromatic rings. The molecule has 0 aliphatic heterocycles. The average molecular weight is 386 g/mol. The van der Waals surface area contributed by atoms with E-state index in [0.717, 1.165) is 6.54 Å². The number of rotatable bonds is 6. The average Bonchev–Trinajstić information content (AvgIpc) is 3.37. The van der Waals surface area contributed by atoms with Crippen LogP contribution in [0.15, 0.2) is 48.8 Å². The molecule has 7 nitrogen and oxygen atoms in total. The predicted molar refractivity (Wildman–Crippen MR) is 103 cm³/mol. The highest BCUT2D eigenvalue weighted by Crippen LogP contribution is 2.31. The zero-order valence-electron chi connectivity index (χ0n) is 14.0. The Morgan fingerprint density at radius 2 is 1.92 bits per heavy atom. The Balaban J connectivity index is 1.47. The van der Waals surface area contributed by atoms with Crippen LogP contribution < -0.4 is 5.32 Å². The molecule has 0 saturated carbocycles. The van der Waals surface area contributed by atoms with E-state index in [9.17, 15) is 0 Å². The zero-order valence-corrected chi connectivity index (χ0v) is 15.6. The van der Waals surface area contributed by atoms with Crippen molar-refractivity contribution in [1.82, 2.24) is 29.8 Å². The van der Waals surface area contributed by atoms with E-state index in [1.807, 2.05) is 42.1 Å². The number of nitrogens with zero attached hydrogens (tertiary/aromatic N) is 6. The van der Waals surface area contributed by atoms with Crippen LogP contribution in [0.25, 0.3) is 10.7 Å². The van der Waals surface area contributed by atoms with Crippen molar-refractivity contribution in [2.45, 2.75) is 20.0 Å². The number of aromatic nitrogens is 6. The summed E-state index contributed by atoms with van der Waals surface area (Å²) in [5.41, 5.74) is 1.84. The lowest BCUT2D eigenvalue weighted by atomic mass is 10.2. The predicted octanol–water partition coefficient (Wildman–Crippen LogP) is 4.06. The van der Waals surface area contributed by atoms with Gasteiger partial charge in [-0.3, -0.25) is 9.36 Å². The van der Waals surface area contributed by atoms with Gasteiger partial charge in [0.25, 0.3) is 0 Å². The Morgan fingerprint density at radius 3 is 2.69 bits per heavy atom. The fraction of sp³-hybridized carbons (Fsp3) is 0.176. The van der Waals surface area contributed by atoms with Crippen LogP contribution in [0, 0.1) is 0 Å². The lowest BCUT2D eigenvalue weighted by Crippen LogP contribution is -2.01. The summed E-state index contributed by atoms with van der Waals surface area (Å²) >= 11 is 7.62. The van der Waals surface area contributed by atoms with Crippen molar-refractivity contribution in [3.63, 3.8) is 0 Å². The van der Waals surface area contributed by atoms with Gasteiger partial charge in [0.2, 0.25) is 5.13 Å². The molecule has 0 aliphatic rings. The first-order valence-corrected chi connectivity index (χ1v) is 9.32. The molecule has 0 amide bonds. The molecule has 0 aliphatic carbocycles. The second-order valence-corrected chi connectivity index (χ2v) is 6.99. The van der Waals surface area contributed by atoms with Gasteiger partial charge in [-0.1, -0.05) is 53.3 Å². The summed E-state index contributed by atoms with van der Waals surface area (Å²) in [7, 11) is 0. The van der Waals surface area contributed by atoms with E-state index in [0.29, 0.717) is 33.2 Å².